The van der Waals surface area contributed by atoms with Gasteiger partial charge in [0.2, 0.25) is 0 Å². The average Bonchev–Trinajstić information content (AvgIpc) is 3.18. The quantitative estimate of drug-likeness (QED) is 0.251. The molecule has 0 saturated heterocycles. The highest BCUT2D eigenvalue weighted by molar-refractivity contribution is 6.32. The van der Waals surface area contributed by atoms with E-state index in [9.17, 15) is 4.79 Å². The van der Waals surface area contributed by atoms with Crippen molar-refractivity contribution in [1.29, 1.82) is 0 Å². The minimum absolute atomic E-state index is 0.112. The minimum Gasteiger partial charge on any atom is -0.289 e. The SMILES string of the molecule is Cc1ccc(-c2c3c(c(-c4ccc(C)cc4)c4ccccc24)-c2cc4ccccc4cc2C3=O)cc1. The summed E-state index contributed by atoms with van der Waals surface area (Å²) in [5.41, 5.74) is 10.5. The summed E-state index contributed by atoms with van der Waals surface area (Å²) in [6, 6.07) is 38.4. The Morgan fingerprint density at radius 2 is 0.889 bits per heavy atom. The third-order valence-corrected chi connectivity index (χ3v) is 7.52. The lowest BCUT2D eigenvalue weighted by molar-refractivity contribution is 0.104. The predicted octanol–water partition coefficient (Wildman–Crippen LogP) is 9.16. The Morgan fingerprint density at radius 3 is 1.42 bits per heavy atom. The van der Waals surface area contributed by atoms with Gasteiger partial charge in [-0.1, -0.05) is 108 Å². The van der Waals surface area contributed by atoms with Crippen LogP contribution in [0.1, 0.15) is 27.0 Å². The van der Waals surface area contributed by atoms with E-state index in [-0.39, 0.29) is 5.78 Å². The summed E-state index contributed by atoms with van der Waals surface area (Å²) in [5, 5.41) is 4.53. The molecule has 6 aromatic rings. The van der Waals surface area contributed by atoms with Crippen molar-refractivity contribution in [3.63, 3.8) is 0 Å². The van der Waals surface area contributed by atoms with Gasteiger partial charge in [-0.3, -0.25) is 4.79 Å². The highest BCUT2D eigenvalue weighted by Gasteiger charge is 2.34. The fourth-order valence-electron chi connectivity index (χ4n) is 5.74. The molecule has 7 rings (SSSR count). The van der Waals surface area contributed by atoms with Crippen LogP contribution >= 0.6 is 0 Å². The van der Waals surface area contributed by atoms with Crippen LogP contribution in [0.5, 0.6) is 0 Å². The second kappa shape index (κ2) is 7.76. The molecule has 0 atom stereocenters. The fraction of sp³-hybridized carbons (Fsp3) is 0.0571. The first kappa shape index (κ1) is 20.8. The van der Waals surface area contributed by atoms with Crippen molar-refractivity contribution in [3.05, 3.63) is 131 Å². The normalized spacial score (nSPS) is 12.2. The lowest BCUT2D eigenvalue weighted by Crippen LogP contribution is -2.01. The average molecular weight is 461 g/mol. The van der Waals surface area contributed by atoms with E-state index in [0.29, 0.717) is 0 Å². The summed E-state index contributed by atoms with van der Waals surface area (Å²) in [6.07, 6.45) is 0. The van der Waals surface area contributed by atoms with Gasteiger partial charge in [-0.15, -0.1) is 0 Å². The van der Waals surface area contributed by atoms with Crippen LogP contribution in [-0.4, -0.2) is 5.78 Å². The first-order chi connectivity index (χ1) is 17.6. The van der Waals surface area contributed by atoms with E-state index in [2.05, 4.69) is 117 Å². The van der Waals surface area contributed by atoms with Crippen LogP contribution in [0.2, 0.25) is 0 Å². The fourth-order valence-corrected chi connectivity index (χ4v) is 5.74. The van der Waals surface area contributed by atoms with Gasteiger partial charge < -0.3 is 0 Å². The number of ketones is 1. The van der Waals surface area contributed by atoms with Crippen LogP contribution in [0, 0.1) is 13.8 Å². The highest BCUT2D eigenvalue weighted by atomic mass is 16.1. The van der Waals surface area contributed by atoms with Gasteiger partial charge in [-0.25, -0.2) is 0 Å². The molecule has 0 spiro atoms. The maximum atomic E-state index is 14.3. The van der Waals surface area contributed by atoms with Gasteiger partial charge in [0, 0.05) is 22.3 Å². The zero-order valence-electron chi connectivity index (χ0n) is 20.3. The van der Waals surface area contributed by atoms with Crippen LogP contribution in [0.3, 0.4) is 0 Å². The van der Waals surface area contributed by atoms with E-state index in [1.54, 1.807) is 0 Å². The summed E-state index contributed by atoms with van der Waals surface area (Å²) < 4.78 is 0. The van der Waals surface area contributed by atoms with E-state index >= 15 is 0 Å². The Balaban J connectivity index is 1.69. The Morgan fingerprint density at radius 1 is 0.444 bits per heavy atom. The van der Waals surface area contributed by atoms with Crippen molar-refractivity contribution < 1.29 is 4.79 Å². The minimum atomic E-state index is 0.112. The molecule has 1 aliphatic carbocycles. The topological polar surface area (TPSA) is 17.1 Å². The molecule has 0 aliphatic heterocycles. The smallest absolute Gasteiger partial charge is 0.194 e. The summed E-state index contributed by atoms with van der Waals surface area (Å²) in [5.74, 6) is 0.112. The van der Waals surface area contributed by atoms with Gasteiger partial charge in [0.05, 0.1) is 0 Å². The van der Waals surface area contributed by atoms with Crippen molar-refractivity contribution in [1.82, 2.24) is 0 Å². The van der Waals surface area contributed by atoms with E-state index < -0.39 is 0 Å². The van der Waals surface area contributed by atoms with Crippen LogP contribution in [-0.2, 0) is 0 Å². The second-order valence-corrected chi connectivity index (χ2v) is 9.85. The summed E-state index contributed by atoms with van der Waals surface area (Å²) >= 11 is 0. The molecule has 0 saturated carbocycles. The molecule has 6 aromatic carbocycles. The molecular weight excluding hydrogens is 436 g/mol. The first-order valence-electron chi connectivity index (χ1n) is 12.4. The number of hydrogen-bond acceptors (Lipinski definition) is 1. The predicted molar refractivity (Wildman–Crippen MR) is 151 cm³/mol. The van der Waals surface area contributed by atoms with Crippen molar-refractivity contribution >= 4 is 27.3 Å². The Bertz CT molecular complexity index is 1840. The lowest BCUT2D eigenvalue weighted by Gasteiger charge is -2.19. The van der Waals surface area contributed by atoms with E-state index in [0.717, 1.165) is 60.7 Å². The summed E-state index contributed by atoms with van der Waals surface area (Å²) in [4.78, 5) is 14.3. The van der Waals surface area contributed by atoms with Crippen LogP contribution in [0.25, 0.3) is 54.9 Å². The van der Waals surface area contributed by atoms with Gasteiger partial charge in [0.1, 0.15) is 0 Å². The van der Waals surface area contributed by atoms with E-state index in [4.69, 9.17) is 0 Å². The molecule has 0 aromatic heterocycles. The number of benzene rings is 6. The van der Waals surface area contributed by atoms with Gasteiger partial charge in [-0.05, 0) is 69.8 Å². The number of carbonyl (C=O) groups excluding carboxylic acids is 1. The standard InChI is InChI=1S/C35H24O/c1-21-11-15-23(16-12-21)31-27-9-5-6-10-28(27)32(24-17-13-22(2)14-18-24)34-33(31)29-19-25-7-3-4-8-26(25)20-30(29)35(34)36/h3-20H,1-2H3. The van der Waals surface area contributed by atoms with Crippen LogP contribution in [0.4, 0.5) is 0 Å². The number of aryl methyl sites for hydroxylation is 2. The highest BCUT2D eigenvalue weighted by Crippen LogP contribution is 2.52. The largest absolute Gasteiger partial charge is 0.289 e. The molecule has 0 N–H and O–H groups in total. The number of carbonyl (C=O) groups is 1. The van der Waals surface area contributed by atoms with E-state index in [1.165, 1.54) is 16.5 Å². The molecular formula is C35H24O. The summed E-state index contributed by atoms with van der Waals surface area (Å²) in [6.45, 7) is 4.21. The van der Waals surface area contributed by atoms with Crippen molar-refractivity contribution in [2.24, 2.45) is 0 Å². The molecule has 0 radical (unpaired) electrons. The zero-order chi connectivity index (χ0) is 24.4. The molecule has 0 bridgehead atoms. The molecule has 0 amide bonds. The molecule has 1 nitrogen and oxygen atoms in total. The molecule has 0 unspecified atom stereocenters. The number of rotatable bonds is 2. The van der Waals surface area contributed by atoms with Crippen molar-refractivity contribution in [3.8, 4) is 33.4 Å². The Hall–Kier alpha value is -4.49. The Kier molecular flexibility index (Phi) is 4.49. The van der Waals surface area contributed by atoms with Gasteiger partial charge in [0.15, 0.2) is 5.78 Å². The monoisotopic (exact) mass is 460 g/mol. The van der Waals surface area contributed by atoms with Crippen LogP contribution in [0.15, 0.2) is 109 Å². The first-order valence-corrected chi connectivity index (χ1v) is 12.4. The third kappa shape index (κ3) is 2.99. The molecule has 170 valence electrons. The van der Waals surface area contributed by atoms with E-state index in [1.807, 2.05) is 6.07 Å². The molecule has 1 heteroatoms. The zero-order valence-corrected chi connectivity index (χ0v) is 20.3. The second-order valence-electron chi connectivity index (χ2n) is 9.85. The number of fused-ring (bicyclic) bond motifs is 5. The molecule has 36 heavy (non-hydrogen) atoms. The summed E-state index contributed by atoms with van der Waals surface area (Å²) in [7, 11) is 0. The molecule has 0 fully saturated rings. The van der Waals surface area contributed by atoms with Crippen molar-refractivity contribution in [2.75, 3.05) is 0 Å². The molecule has 1 aliphatic rings. The molecule has 0 heterocycles. The van der Waals surface area contributed by atoms with Gasteiger partial charge in [-0.2, -0.15) is 0 Å². The van der Waals surface area contributed by atoms with Gasteiger partial charge in [0.25, 0.3) is 0 Å². The maximum absolute atomic E-state index is 14.3. The lowest BCUT2D eigenvalue weighted by atomic mass is 9.83. The third-order valence-electron chi connectivity index (χ3n) is 7.52. The van der Waals surface area contributed by atoms with Crippen LogP contribution < -0.4 is 0 Å². The Labute approximate surface area is 210 Å². The maximum Gasteiger partial charge on any atom is 0.194 e. The van der Waals surface area contributed by atoms with Crippen molar-refractivity contribution in [2.45, 2.75) is 13.8 Å². The van der Waals surface area contributed by atoms with Gasteiger partial charge >= 0.3 is 0 Å². The number of hydrogen-bond donors (Lipinski definition) is 0.